The molecule has 3 heteroatoms. The zero-order valence-electron chi connectivity index (χ0n) is 3.26. The zero-order valence-corrected chi connectivity index (χ0v) is 4.89. The van der Waals surface area contributed by atoms with Crippen LogP contribution in [0.2, 0.25) is 0 Å². The predicted octanol–water partition coefficient (Wildman–Crippen LogP) is 0.669. The molecule has 0 spiro atoms. The molecule has 0 aliphatic heterocycles. The SMILES string of the molecule is OCCSC=S. The molecule has 0 fully saturated rings. The van der Waals surface area contributed by atoms with Crippen LogP contribution in [-0.2, 0) is 0 Å². The first-order valence-corrected chi connectivity index (χ1v) is 3.10. The van der Waals surface area contributed by atoms with E-state index in [9.17, 15) is 0 Å². The number of aliphatic hydroxyl groups is 1. The molecule has 0 bridgehead atoms. The summed E-state index contributed by atoms with van der Waals surface area (Å²) in [5.41, 5.74) is 0. The average molecular weight is 122 g/mol. The van der Waals surface area contributed by atoms with Gasteiger partial charge in [0.25, 0.3) is 0 Å². The Kier molecular flexibility index (Phi) is 5.76. The van der Waals surface area contributed by atoms with Gasteiger partial charge in [-0.3, -0.25) is 0 Å². The third kappa shape index (κ3) is 4.40. The van der Waals surface area contributed by atoms with Crippen LogP contribution in [0.4, 0.5) is 0 Å². The standard InChI is InChI=1S/C3H6OS2/c4-1-2-6-3-5/h3-4H,1-2H2. The van der Waals surface area contributed by atoms with Crippen molar-refractivity contribution >= 4 is 28.7 Å². The van der Waals surface area contributed by atoms with Gasteiger partial charge < -0.3 is 5.11 Å². The van der Waals surface area contributed by atoms with E-state index in [1.54, 1.807) is 4.70 Å². The van der Waals surface area contributed by atoms with Crippen LogP contribution in [0, 0.1) is 0 Å². The van der Waals surface area contributed by atoms with Gasteiger partial charge in [0, 0.05) is 10.5 Å². The van der Waals surface area contributed by atoms with Gasteiger partial charge in [0.15, 0.2) is 0 Å². The van der Waals surface area contributed by atoms with Crippen LogP contribution in [0.5, 0.6) is 0 Å². The van der Waals surface area contributed by atoms with Crippen LogP contribution in [0.3, 0.4) is 0 Å². The van der Waals surface area contributed by atoms with E-state index in [4.69, 9.17) is 5.11 Å². The number of hydrogen-bond donors (Lipinski definition) is 1. The maximum absolute atomic E-state index is 8.11. The van der Waals surface area contributed by atoms with Crippen molar-refractivity contribution in [1.82, 2.24) is 0 Å². The molecule has 6 heavy (non-hydrogen) atoms. The van der Waals surface area contributed by atoms with E-state index in [-0.39, 0.29) is 6.61 Å². The summed E-state index contributed by atoms with van der Waals surface area (Å²) in [5, 5.41) is 8.11. The van der Waals surface area contributed by atoms with Gasteiger partial charge >= 0.3 is 0 Å². The molecule has 0 saturated carbocycles. The number of hydrogen-bond acceptors (Lipinski definition) is 3. The van der Waals surface area contributed by atoms with Crippen molar-refractivity contribution in [2.45, 2.75) is 0 Å². The van der Waals surface area contributed by atoms with Gasteiger partial charge in [0.05, 0.1) is 6.61 Å². The van der Waals surface area contributed by atoms with Crippen LogP contribution in [-0.4, -0.2) is 22.2 Å². The highest BCUT2D eigenvalue weighted by atomic mass is 32.2. The minimum atomic E-state index is 0.220. The highest BCUT2D eigenvalue weighted by Crippen LogP contribution is 1.89. The van der Waals surface area contributed by atoms with Crippen LogP contribution in [0.25, 0.3) is 0 Å². The molecule has 0 aromatic carbocycles. The second kappa shape index (κ2) is 5.40. The fraction of sp³-hybridized carbons (Fsp3) is 0.667. The highest BCUT2D eigenvalue weighted by Gasteiger charge is 1.73. The maximum atomic E-state index is 8.11. The average Bonchev–Trinajstić information content (AvgIpc) is 1.61. The summed E-state index contributed by atoms with van der Waals surface area (Å²) in [4.78, 5) is 0. The smallest absolute Gasteiger partial charge is 0.0525 e. The third-order valence-electron chi connectivity index (χ3n) is 0.277. The Hall–Kier alpha value is 0.400. The second-order valence-electron chi connectivity index (χ2n) is 0.691. The lowest BCUT2D eigenvalue weighted by Gasteiger charge is -1.81. The van der Waals surface area contributed by atoms with E-state index in [0.717, 1.165) is 5.75 Å². The van der Waals surface area contributed by atoms with Gasteiger partial charge in [0.1, 0.15) is 0 Å². The Morgan fingerprint density at radius 3 is 2.67 bits per heavy atom. The molecule has 1 N–H and O–H groups in total. The van der Waals surface area contributed by atoms with Crippen LogP contribution >= 0.6 is 24.0 Å². The van der Waals surface area contributed by atoms with E-state index in [1.165, 1.54) is 11.8 Å². The van der Waals surface area contributed by atoms with Gasteiger partial charge in [-0.1, -0.05) is 12.2 Å². The molecule has 0 saturated heterocycles. The molecule has 0 aliphatic carbocycles. The van der Waals surface area contributed by atoms with Gasteiger partial charge in [-0.2, -0.15) is 0 Å². The van der Waals surface area contributed by atoms with Crippen LogP contribution < -0.4 is 0 Å². The predicted molar refractivity (Wildman–Crippen MR) is 33.2 cm³/mol. The molecule has 0 radical (unpaired) electrons. The van der Waals surface area contributed by atoms with Crippen LogP contribution in [0.1, 0.15) is 0 Å². The first kappa shape index (κ1) is 6.40. The zero-order chi connectivity index (χ0) is 4.83. The summed E-state index contributed by atoms with van der Waals surface area (Å²) in [6.45, 7) is 0.220. The van der Waals surface area contributed by atoms with Crippen molar-refractivity contribution in [2.24, 2.45) is 0 Å². The first-order valence-electron chi connectivity index (χ1n) is 1.58. The molecule has 0 heterocycles. The Balaban J connectivity index is 2.49. The van der Waals surface area contributed by atoms with Crippen molar-refractivity contribution in [3.8, 4) is 0 Å². The molecular weight excluding hydrogens is 116 g/mol. The Morgan fingerprint density at radius 1 is 1.83 bits per heavy atom. The highest BCUT2D eigenvalue weighted by molar-refractivity contribution is 8.20. The van der Waals surface area contributed by atoms with Gasteiger partial charge in [0.2, 0.25) is 0 Å². The lowest BCUT2D eigenvalue weighted by atomic mass is 10.9. The monoisotopic (exact) mass is 122 g/mol. The quantitative estimate of drug-likeness (QED) is 0.439. The molecule has 36 valence electrons. The van der Waals surface area contributed by atoms with Crippen molar-refractivity contribution in [3.63, 3.8) is 0 Å². The van der Waals surface area contributed by atoms with E-state index < -0.39 is 0 Å². The molecule has 0 unspecified atom stereocenters. The maximum Gasteiger partial charge on any atom is 0.0525 e. The Bertz CT molecular complexity index is 37.8. The van der Waals surface area contributed by atoms with Crippen molar-refractivity contribution in [1.29, 1.82) is 0 Å². The summed E-state index contributed by atoms with van der Waals surface area (Å²) in [6, 6.07) is 0. The summed E-state index contributed by atoms with van der Waals surface area (Å²) in [5.74, 6) is 0.726. The minimum absolute atomic E-state index is 0.220. The minimum Gasteiger partial charge on any atom is -0.396 e. The molecule has 0 aliphatic rings. The molecule has 1 nitrogen and oxygen atoms in total. The summed E-state index contributed by atoms with van der Waals surface area (Å²) >= 11 is 5.89. The molecule has 0 aromatic heterocycles. The fourth-order valence-electron chi connectivity index (χ4n) is 0.101. The third-order valence-corrected chi connectivity index (χ3v) is 1.24. The van der Waals surface area contributed by atoms with Crippen LogP contribution in [0.15, 0.2) is 0 Å². The Labute approximate surface area is 46.7 Å². The Morgan fingerprint density at radius 2 is 2.50 bits per heavy atom. The van der Waals surface area contributed by atoms with E-state index in [0.29, 0.717) is 0 Å². The number of rotatable bonds is 3. The lowest BCUT2D eigenvalue weighted by Crippen LogP contribution is -1.82. The van der Waals surface area contributed by atoms with Gasteiger partial charge in [-0.25, -0.2) is 0 Å². The normalized spacial score (nSPS) is 8.17. The van der Waals surface area contributed by atoms with Gasteiger partial charge in [-0.05, 0) is 0 Å². The summed E-state index contributed by atoms with van der Waals surface area (Å²) in [7, 11) is 0. The molecule has 0 amide bonds. The van der Waals surface area contributed by atoms with Gasteiger partial charge in [-0.15, -0.1) is 11.8 Å². The summed E-state index contributed by atoms with van der Waals surface area (Å²) < 4.78 is 1.55. The number of aliphatic hydroxyl groups excluding tert-OH is 1. The summed E-state index contributed by atoms with van der Waals surface area (Å²) in [6.07, 6.45) is 0. The molecule has 0 aromatic rings. The molecular formula is C3H6OS2. The fourth-order valence-corrected chi connectivity index (χ4v) is 0.591. The topological polar surface area (TPSA) is 20.2 Å². The molecule has 0 atom stereocenters. The second-order valence-corrected chi connectivity index (χ2v) is 2.20. The van der Waals surface area contributed by atoms with E-state index >= 15 is 0 Å². The van der Waals surface area contributed by atoms with Crippen molar-refractivity contribution < 1.29 is 5.11 Å². The number of thioether (sulfide) groups is 1. The number of thiocarbonyl (C=S) groups is 1. The van der Waals surface area contributed by atoms with E-state index in [1.807, 2.05) is 0 Å². The largest absolute Gasteiger partial charge is 0.396 e. The van der Waals surface area contributed by atoms with E-state index in [2.05, 4.69) is 12.2 Å². The van der Waals surface area contributed by atoms with Crippen molar-refractivity contribution in [2.75, 3.05) is 12.4 Å². The van der Waals surface area contributed by atoms with Crippen molar-refractivity contribution in [3.05, 3.63) is 0 Å². The lowest BCUT2D eigenvalue weighted by molar-refractivity contribution is 0.323. The molecule has 0 rings (SSSR count). The first-order chi connectivity index (χ1) is 2.91.